The fourth-order valence-electron chi connectivity index (χ4n) is 4.35. The van der Waals surface area contributed by atoms with Crippen LogP contribution in [0.1, 0.15) is 43.7 Å². The molecule has 0 unspecified atom stereocenters. The minimum atomic E-state index is 0.0608. The summed E-state index contributed by atoms with van der Waals surface area (Å²) in [6, 6.07) is 5.10. The van der Waals surface area contributed by atoms with Gasteiger partial charge in [-0.1, -0.05) is 12.1 Å². The highest BCUT2D eigenvalue weighted by atomic mass is 16.3. The number of carbonyl (C=O) groups is 1. The second kappa shape index (κ2) is 8.08. The first-order valence-corrected chi connectivity index (χ1v) is 10.2. The zero-order valence-corrected chi connectivity index (χ0v) is 16.6. The number of aromatic hydroxyl groups is 1. The Bertz CT molecular complexity index is 982. The highest BCUT2D eigenvalue weighted by Gasteiger charge is 2.26. The molecule has 150 valence electrons. The van der Waals surface area contributed by atoms with Crippen molar-refractivity contribution in [3.63, 3.8) is 0 Å². The van der Waals surface area contributed by atoms with Crippen LogP contribution in [0.4, 0.5) is 11.5 Å². The maximum absolute atomic E-state index is 11.7. The summed E-state index contributed by atoms with van der Waals surface area (Å²) in [6.07, 6.45) is 5.97. The van der Waals surface area contributed by atoms with Crippen molar-refractivity contribution in [2.24, 2.45) is 0 Å². The number of phenolic OH excluding ortho intramolecular Hbond substituents is 1. The molecular formula is C22H25N5O2. The number of piperidine rings is 1. The lowest BCUT2D eigenvalue weighted by molar-refractivity contribution is -0.129. The third kappa shape index (κ3) is 3.88. The molecule has 1 amide bonds. The molecule has 1 saturated heterocycles. The van der Waals surface area contributed by atoms with Crippen LogP contribution in [0.3, 0.4) is 0 Å². The zero-order chi connectivity index (χ0) is 20.4. The minimum absolute atomic E-state index is 0.0608. The number of likely N-dealkylation sites (tertiary alicyclic amines) is 1. The summed E-state index contributed by atoms with van der Waals surface area (Å²) in [5.74, 6) is 0.972. The summed E-state index contributed by atoms with van der Waals surface area (Å²) in [7, 11) is 0. The molecule has 29 heavy (non-hydrogen) atoms. The van der Waals surface area contributed by atoms with E-state index in [2.05, 4.69) is 20.4 Å². The van der Waals surface area contributed by atoms with Crippen molar-refractivity contribution in [1.82, 2.24) is 15.1 Å². The van der Waals surface area contributed by atoms with E-state index in [4.69, 9.17) is 6.57 Å². The Kier molecular flexibility index (Phi) is 5.34. The Morgan fingerprint density at radius 2 is 2.03 bits per heavy atom. The Morgan fingerprint density at radius 1 is 1.24 bits per heavy atom. The maximum atomic E-state index is 11.7. The number of nitrogens with one attached hydrogen (secondary N) is 1. The average molecular weight is 391 g/mol. The van der Waals surface area contributed by atoms with Gasteiger partial charge >= 0.3 is 0 Å². The van der Waals surface area contributed by atoms with E-state index in [0.717, 1.165) is 62.0 Å². The molecule has 4 rings (SSSR count). The van der Waals surface area contributed by atoms with E-state index < -0.39 is 0 Å². The quantitative estimate of drug-likeness (QED) is 0.780. The normalized spacial score (nSPS) is 18.6. The molecule has 2 heterocycles. The smallest absolute Gasteiger partial charge is 0.219 e. The second-order valence-electron chi connectivity index (χ2n) is 7.82. The van der Waals surface area contributed by atoms with E-state index in [9.17, 15) is 9.90 Å². The number of hydrogen-bond donors (Lipinski definition) is 2. The van der Waals surface area contributed by atoms with E-state index in [-0.39, 0.29) is 17.7 Å². The second-order valence-corrected chi connectivity index (χ2v) is 7.82. The Hall–Kier alpha value is -3.14. The van der Waals surface area contributed by atoms with Crippen LogP contribution in [0.2, 0.25) is 0 Å². The molecule has 1 atom stereocenters. The number of rotatable bonds is 3. The van der Waals surface area contributed by atoms with Crippen LogP contribution < -0.4 is 5.32 Å². The van der Waals surface area contributed by atoms with Gasteiger partial charge in [-0.15, -0.1) is 10.2 Å². The summed E-state index contributed by atoms with van der Waals surface area (Å²) < 4.78 is 0. The molecule has 0 radical (unpaired) electrons. The van der Waals surface area contributed by atoms with Crippen molar-refractivity contribution in [1.29, 1.82) is 0 Å². The first-order valence-electron chi connectivity index (χ1n) is 10.2. The lowest BCUT2D eigenvalue weighted by Gasteiger charge is -2.33. The fourth-order valence-corrected chi connectivity index (χ4v) is 4.35. The lowest BCUT2D eigenvalue weighted by Crippen LogP contribution is -2.44. The van der Waals surface area contributed by atoms with E-state index in [0.29, 0.717) is 23.5 Å². The topological polar surface area (TPSA) is 82.7 Å². The Labute approximate surface area is 170 Å². The molecule has 2 aliphatic rings. The standard InChI is InChI=1S/C22H25N5O2/c1-14(28)27-11-5-6-16(13-27)24-22-18-8-4-3-7-17(18)21(25-26-22)19-10-9-15(23-2)12-20(19)29/h9-10,12,16,29H,3-8,11,13H2,1H3,(H,24,26)/t16-/m1/s1. The zero-order valence-electron chi connectivity index (χ0n) is 16.6. The van der Waals surface area contributed by atoms with E-state index >= 15 is 0 Å². The van der Waals surface area contributed by atoms with Gasteiger partial charge in [-0.25, -0.2) is 4.85 Å². The van der Waals surface area contributed by atoms with Crippen molar-refractivity contribution < 1.29 is 9.90 Å². The summed E-state index contributed by atoms with van der Waals surface area (Å²) in [6.45, 7) is 10.2. The number of fused-ring (bicyclic) bond motifs is 1. The third-order valence-electron chi connectivity index (χ3n) is 5.86. The number of carbonyl (C=O) groups excluding carboxylic acids is 1. The van der Waals surface area contributed by atoms with Crippen molar-refractivity contribution in [3.05, 3.63) is 40.7 Å². The van der Waals surface area contributed by atoms with Crippen molar-refractivity contribution >= 4 is 17.4 Å². The SMILES string of the molecule is [C-]#[N+]c1ccc(-c2nnc(N[C@@H]3CCCN(C(C)=O)C3)c3c2CCCC3)c(O)c1. The molecule has 0 saturated carbocycles. The predicted octanol–water partition coefficient (Wildman–Crippen LogP) is 3.70. The molecule has 0 spiro atoms. The molecule has 2 aromatic rings. The van der Waals surface area contributed by atoms with Crippen molar-refractivity contribution in [3.8, 4) is 17.0 Å². The lowest BCUT2D eigenvalue weighted by atomic mass is 9.88. The molecule has 0 bridgehead atoms. The van der Waals surface area contributed by atoms with Crippen molar-refractivity contribution in [2.45, 2.75) is 51.5 Å². The van der Waals surface area contributed by atoms with E-state index in [1.54, 1.807) is 19.1 Å². The molecule has 1 fully saturated rings. The van der Waals surface area contributed by atoms with Crippen molar-refractivity contribution in [2.75, 3.05) is 18.4 Å². The van der Waals surface area contributed by atoms with Gasteiger partial charge in [0.1, 0.15) is 11.4 Å². The van der Waals surface area contributed by atoms with Gasteiger partial charge in [-0.05, 0) is 50.2 Å². The molecule has 2 N–H and O–H groups in total. The minimum Gasteiger partial charge on any atom is -0.509 e. The Balaban J connectivity index is 1.66. The average Bonchev–Trinajstić information content (AvgIpc) is 2.74. The summed E-state index contributed by atoms with van der Waals surface area (Å²) in [5.41, 5.74) is 4.01. The van der Waals surface area contributed by atoms with Gasteiger partial charge < -0.3 is 15.3 Å². The number of benzene rings is 1. The largest absolute Gasteiger partial charge is 0.509 e. The van der Waals surface area contributed by atoms with Gasteiger partial charge in [0.15, 0.2) is 11.5 Å². The van der Waals surface area contributed by atoms with Gasteiger partial charge in [-0.3, -0.25) is 4.79 Å². The molecule has 1 aliphatic heterocycles. The first-order chi connectivity index (χ1) is 14.1. The van der Waals surface area contributed by atoms with Gasteiger partial charge in [0.2, 0.25) is 5.91 Å². The molecule has 7 nitrogen and oxygen atoms in total. The maximum Gasteiger partial charge on any atom is 0.219 e. The molecule has 1 aromatic heterocycles. The number of anilines is 1. The Morgan fingerprint density at radius 3 is 2.76 bits per heavy atom. The number of aromatic nitrogens is 2. The van der Waals surface area contributed by atoms with Crippen LogP contribution in [0.25, 0.3) is 16.1 Å². The highest BCUT2D eigenvalue weighted by molar-refractivity contribution is 5.75. The van der Waals surface area contributed by atoms with Gasteiger partial charge in [0.25, 0.3) is 0 Å². The van der Waals surface area contributed by atoms with Crippen LogP contribution in [0.15, 0.2) is 18.2 Å². The van der Waals surface area contributed by atoms with E-state index in [1.165, 1.54) is 6.07 Å². The first kappa shape index (κ1) is 19.2. The van der Waals surface area contributed by atoms with Crippen LogP contribution in [0, 0.1) is 6.57 Å². The summed E-state index contributed by atoms with van der Waals surface area (Å²) >= 11 is 0. The highest BCUT2D eigenvalue weighted by Crippen LogP contribution is 2.38. The third-order valence-corrected chi connectivity index (χ3v) is 5.86. The monoisotopic (exact) mass is 391 g/mol. The van der Waals surface area contributed by atoms with E-state index in [1.807, 2.05) is 4.90 Å². The molecule has 1 aromatic carbocycles. The van der Waals surface area contributed by atoms with Gasteiger partial charge in [0, 0.05) is 37.2 Å². The number of amides is 1. The summed E-state index contributed by atoms with van der Waals surface area (Å²) in [5, 5.41) is 22.9. The van der Waals surface area contributed by atoms with Gasteiger partial charge in [0.05, 0.1) is 6.57 Å². The van der Waals surface area contributed by atoms with Crippen LogP contribution in [-0.4, -0.2) is 45.2 Å². The molecule has 7 heteroatoms. The number of phenols is 1. The molecule has 1 aliphatic carbocycles. The summed E-state index contributed by atoms with van der Waals surface area (Å²) in [4.78, 5) is 17.0. The van der Waals surface area contributed by atoms with Crippen LogP contribution in [-0.2, 0) is 17.6 Å². The number of nitrogens with zero attached hydrogens (tertiary/aromatic N) is 4. The predicted molar refractivity (Wildman–Crippen MR) is 111 cm³/mol. The van der Waals surface area contributed by atoms with Crippen LogP contribution in [0.5, 0.6) is 5.75 Å². The van der Waals surface area contributed by atoms with Crippen LogP contribution >= 0.6 is 0 Å². The molecular weight excluding hydrogens is 366 g/mol. The fraction of sp³-hybridized carbons (Fsp3) is 0.455. The number of hydrogen-bond acceptors (Lipinski definition) is 5. The van der Waals surface area contributed by atoms with Gasteiger partial charge in [-0.2, -0.15) is 0 Å².